The SMILES string of the molecule is CCC(Oc1ccc(C(=O)Oc2ccc(OC(C)C3(C)CO3)cc2)cc1)C1CO1. The number of esters is 1. The number of epoxide rings is 2. The monoisotopic (exact) mass is 398 g/mol. The molecule has 2 aliphatic rings. The fourth-order valence-electron chi connectivity index (χ4n) is 2.97. The van der Waals surface area contributed by atoms with Gasteiger partial charge < -0.3 is 23.7 Å². The van der Waals surface area contributed by atoms with Crippen LogP contribution < -0.4 is 14.2 Å². The van der Waals surface area contributed by atoms with E-state index in [9.17, 15) is 4.79 Å². The van der Waals surface area contributed by atoms with Gasteiger partial charge in [0.1, 0.15) is 41.2 Å². The van der Waals surface area contributed by atoms with Gasteiger partial charge in [0, 0.05) is 0 Å². The van der Waals surface area contributed by atoms with Crippen molar-refractivity contribution < 1.29 is 28.5 Å². The maximum Gasteiger partial charge on any atom is 0.343 e. The molecule has 2 heterocycles. The largest absolute Gasteiger partial charge is 0.488 e. The summed E-state index contributed by atoms with van der Waals surface area (Å²) in [5.74, 6) is 1.46. The Labute approximate surface area is 170 Å². The van der Waals surface area contributed by atoms with Gasteiger partial charge in [-0.1, -0.05) is 6.92 Å². The van der Waals surface area contributed by atoms with E-state index >= 15 is 0 Å². The average molecular weight is 398 g/mol. The van der Waals surface area contributed by atoms with Gasteiger partial charge in [-0.2, -0.15) is 0 Å². The molecule has 2 aromatic rings. The van der Waals surface area contributed by atoms with Gasteiger partial charge in [-0.15, -0.1) is 0 Å². The topological polar surface area (TPSA) is 69.8 Å². The summed E-state index contributed by atoms with van der Waals surface area (Å²) >= 11 is 0. The number of hydrogen-bond acceptors (Lipinski definition) is 6. The summed E-state index contributed by atoms with van der Waals surface area (Å²) < 4.78 is 27.9. The van der Waals surface area contributed by atoms with Crippen molar-refractivity contribution in [3.63, 3.8) is 0 Å². The molecule has 0 aliphatic carbocycles. The first kappa shape index (κ1) is 19.7. The van der Waals surface area contributed by atoms with E-state index in [1.54, 1.807) is 48.5 Å². The standard InChI is InChI=1S/C23H26O6/c1-4-20(21-13-25-21)28-18-7-5-16(6-8-18)22(24)29-19-11-9-17(10-12-19)27-15(2)23(3)14-26-23/h5-12,15,20-21H,4,13-14H2,1-3H3. The zero-order valence-electron chi connectivity index (χ0n) is 16.9. The summed E-state index contributed by atoms with van der Waals surface area (Å²) in [6.07, 6.45) is 1.05. The van der Waals surface area contributed by atoms with Gasteiger partial charge in [-0.3, -0.25) is 0 Å². The van der Waals surface area contributed by atoms with Crippen molar-refractivity contribution in [1.29, 1.82) is 0 Å². The molecule has 0 spiro atoms. The Kier molecular flexibility index (Phi) is 5.48. The molecule has 29 heavy (non-hydrogen) atoms. The third kappa shape index (κ3) is 4.89. The molecule has 4 unspecified atom stereocenters. The Bertz CT molecular complexity index is 837. The number of carbonyl (C=O) groups is 1. The van der Waals surface area contributed by atoms with Crippen LogP contribution in [0.5, 0.6) is 17.2 Å². The summed E-state index contributed by atoms with van der Waals surface area (Å²) in [4.78, 5) is 12.4. The van der Waals surface area contributed by atoms with Gasteiger partial charge in [0.05, 0.1) is 18.8 Å². The molecule has 0 saturated carbocycles. The normalized spacial score (nSPS) is 24.3. The fourth-order valence-corrected chi connectivity index (χ4v) is 2.97. The Hall–Kier alpha value is -2.57. The summed E-state index contributed by atoms with van der Waals surface area (Å²) in [6, 6.07) is 14.0. The summed E-state index contributed by atoms with van der Waals surface area (Å²) in [5, 5.41) is 0. The molecule has 2 aliphatic heterocycles. The molecule has 0 radical (unpaired) electrons. The number of rotatable bonds is 9. The smallest absolute Gasteiger partial charge is 0.343 e. The second-order valence-electron chi connectivity index (χ2n) is 7.68. The van der Waals surface area contributed by atoms with Crippen molar-refractivity contribution in [2.75, 3.05) is 13.2 Å². The molecule has 2 aromatic carbocycles. The zero-order valence-corrected chi connectivity index (χ0v) is 16.9. The molecule has 154 valence electrons. The highest BCUT2D eigenvalue weighted by Gasteiger charge is 2.46. The van der Waals surface area contributed by atoms with E-state index < -0.39 is 5.97 Å². The van der Waals surface area contributed by atoms with Crippen molar-refractivity contribution in [2.24, 2.45) is 0 Å². The van der Waals surface area contributed by atoms with Crippen LogP contribution in [-0.2, 0) is 9.47 Å². The van der Waals surface area contributed by atoms with Crippen LogP contribution in [-0.4, -0.2) is 43.1 Å². The molecule has 0 bridgehead atoms. The lowest BCUT2D eigenvalue weighted by molar-refractivity contribution is 0.0734. The molecule has 6 nitrogen and oxygen atoms in total. The third-order valence-electron chi connectivity index (χ3n) is 5.36. The first-order valence-corrected chi connectivity index (χ1v) is 9.98. The van der Waals surface area contributed by atoms with E-state index in [1.165, 1.54) is 0 Å². The lowest BCUT2D eigenvalue weighted by Crippen LogP contribution is -2.29. The van der Waals surface area contributed by atoms with Gasteiger partial charge >= 0.3 is 5.97 Å². The first-order valence-electron chi connectivity index (χ1n) is 9.98. The average Bonchev–Trinajstić information content (AvgIpc) is 3.65. The van der Waals surface area contributed by atoms with Gasteiger partial charge in [0.25, 0.3) is 0 Å². The second kappa shape index (κ2) is 8.05. The fraction of sp³-hybridized carbons (Fsp3) is 0.435. The van der Waals surface area contributed by atoms with Crippen LogP contribution in [0.2, 0.25) is 0 Å². The van der Waals surface area contributed by atoms with Crippen LogP contribution in [0.15, 0.2) is 48.5 Å². The minimum atomic E-state index is -0.421. The number of carbonyl (C=O) groups excluding carboxylic acids is 1. The predicted octanol–water partition coefficient (Wildman–Crippen LogP) is 4.02. The Morgan fingerprint density at radius 2 is 1.62 bits per heavy atom. The molecule has 4 rings (SSSR count). The van der Waals surface area contributed by atoms with E-state index in [1.807, 2.05) is 13.8 Å². The lowest BCUT2D eigenvalue weighted by Gasteiger charge is -2.18. The number of ether oxygens (including phenoxy) is 5. The van der Waals surface area contributed by atoms with Crippen LogP contribution in [0.4, 0.5) is 0 Å². The Balaban J connectivity index is 1.31. The highest BCUT2D eigenvalue weighted by molar-refractivity contribution is 5.91. The molecule has 2 fully saturated rings. The Morgan fingerprint density at radius 3 is 2.17 bits per heavy atom. The van der Waals surface area contributed by atoms with Crippen molar-refractivity contribution in [3.05, 3.63) is 54.1 Å². The molecular weight excluding hydrogens is 372 g/mol. The van der Waals surface area contributed by atoms with E-state index in [0.717, 1.165) is 13.0 Å². The summed E-state index contributed by atoms with van der Waals surface area (Å²) in [5.41, 5.74) is 0.255. The van der Waals surface area contributed by atoms with Gasteiger partial charge in [0.2, 0.25) is 0 Å². The highest BCUT2D eigenvalue weighted by Crippen LogP contribution is 2.33. The van der Waals surface area contributed by atoms with Crippen molar-refractivity contribution in [2.45, 2.75) is 51.1 Å². The molecule has 0 N–H and O–H groups in total. The van der Waals surface area contributed by atoms with Crippen LogP contribution >= 0.6 is 0 Å². The minimum Gasteiger partial charge on any atom is -0.488 e. The van der Waals surface area contributed by atoms with Crippen molar-refractivity contribution in [3.8, 4) is 17.2 Å². The Morgan fingerprint density at radius 1 is 1.07 bits per heavy atom. The maximum absolute atomic E-state index is 12.4. The molecule has 0 aromatic heterocycles. The van der Waals surface area contributed by atoms with Crippen molar-refractivity contribution >= 4 is 5.97 Å². The number of hydrogen-bond donors (Lipinski definition) is 0. The van der Waals surface area contributed by atoms with Gasteiger partial charge in [0.15, 0.2) is 0 Å². The zero-order chi connectivity index (χ0) is 20.4. The minimum absolute atomic E-state index is 0.0459. The first-order chi connectivity index (χ1) is 14.0. The van der Waals surface area contributed by atoms with Gasteiger partial charge in [-0.25, -0.2) is 4.79 Å². The number of benzene rings is 2. The van der Waals surface area contributed by atoms with E-state index in [2.05, 4.69) is 6.92 Å². The van der Waals surface area contributed by atoms with E-state index in [-0.39, 0.29) is 23.9 Å². The lowest BCUT2D eigenvalue weighted by atomic mass is 10.1. The maximum atomic E-state index is 12.4. The molecule has 4 atom stereocenters. The van der Waals surface area contributed by atoms with Crippen LogP contribution in [0.25, 0.3) is 0 Å². The van der Waals surface area contributed by atoms with Gasteiger partial charge in [-0.05, 0) is 68.8 Å². The highest BCUT2D eigenvalue weighted by atomic mass is 16.6. The third-order valence-corrected chi connectivity index (χ3v) is 5.36. The quantitative estimate of drug-likeness (QED) is 0.361. The second-order valence-corrected chi connectivity index (χ2v) is 7.68. The molecular formula is C23H26O6. The molecule has 2 saturated heterocycles. The molecule has 6 heteroatoms. The summed E-state index contributed by atoms with van der Waals surface area (Å²) in [7, 11) is 0. The van der Waals surface area contributed by atoms with E-state index in [4.69, 9.17) is 23.7 Å². The van der Waals surface area contributed by atoms with Crippen LogP contribution in [0.3, 0.4) is 0 Å². The summed E-state index contributed by atoms with van der Waals surface area (Å²) in [6.45, 7) is 7.52. The van der Waals surface area contributed by atoms with Crippen LogP contribution in [0, 0.1) is 0 Å². The van der Waals surface area contributed by atoms with Crippen molar-refractivity contribution in [1.82, 2.24) is 0 Å². The van der Waals surface area contributed by atoms with E-state index in [0.29, 0.717) is 29.4 Å². The predicted molar refractivity (Wildman–Crippen MR) is 107 cm³/mol. The van der Waals surface area contributed by atoms with Crippen LogP contribution in [0.1, 0.15) is 37.6 Å². The molecule has 0 amide bonds.